The van der Waals surface area contributed by atoms with Crippen molar-refractivity contribution in [3.8, 4) is 0 Å². The second-order valence-electron chi connectivity index (χ2n) is 7.54. The molecule has 3 rings (SSSR count). The number of hydrogen-bond acceptors (Lipinski definition) is 3. The Morgan fingerprint density at radius 2 is 1.59 bits per heavy atom. The van der Waals surface area contributed by atoms with Gasteiger partial charge in [0.2, 0.25) is 5.91 Å². The van der Waals surface area contributed by atoms with Gasteiger partial charge in [-0.2, -0.15) is 0 Å². The van der Waals surface area contributed by atoms with E-state index < -0.39 is 0 Å². The number of carbonyl (C=O) groups excluding carboxylic acids is 1. The van der Waals surface area contributed by atoms with Crippen LogP contribution in [-0.2, 0) is 9.53 Å². The van der Waals surface area contributed by atoms with E-state index in [1.165, 1.54) is 11.1 Å². The van der Waals surface area contributed by atoms with Gasteiger partial charge >= 0.3 is 0 Å². The quantitative estimate of drug-likeness (QED) is 0.753. The molecule has 0 unspecified atom stereocenters. The Bertz CT molecular complexity index is 652. The molecule has 0 radical (unpaired) electrons. The first-order valence-corrected chi connectivity index (χ1v) is 9.79. The van der Waals surface area contributed by atoms with Crippen molar-refractivity contribution in [3.05, 3.63) is 71.8 Å². The molecule has 1 aliphatic heterocycles. The minimum atomic E-state index is 0.0463. The monoisotopic (exact) mass is 366 g/mol. The van der Waals surface area contributed by atoms with Gasteiger partial charge in [0.15, 0.2) is 0 Å². The third kappa shape index (κ3) is 5.41. The number of carbonyl (C=O) groups is 1. The molecular weight excluding hydrogens is 336 g/mol. The van der Waals surface area contributed by atoms with E-state index in [0.29, 0.717) is 19.6 Å². The van der Waals surface area contributed by atoms with E-state index in [0.717, 1.165) is 25.9 Å². The third-order valence-corrected chi connectivity index (χ3v) is 5.57. The van der Waals surface area contributed by atoms with Crippen LogP contribution in [-0.4, -0.2) is 39.3 Å². The number of ether oxygens (including phenoxy) is 1. The first-order chi connectivity index (χ1) is 13.2. The van der Waals surface area contributed by atoms with Crippen LogP contribution in [0.1, 0.15) is 36.3 Å². The minimum absolute atomic E-state index is 0.0463. The number of nitrogens with one attached hydrogen (secondary N) is 2. The van der Waals surface area contributed by atoms with Crippen molar-refractivity contribution < 1.29 is 9.53 Å². The predicted molar refractivity (Wildman–Crippen MR) is 109 cm³/mol. The molecule has 1 fully saturated rings. The van der Waals surface area contributed by atoms with Crippen LogP contribution in [0.2, 0.25) is 0 Å². The zero-order chi connectivity index (χ0) is 19.0. The summed E-state index contributed by atoms with van der Waals surface area (Å²) in [5.41, 5.74) is 2.39. The Morgan fingerprint density at radius 1 is 1.04 bits per heavy atom. The van der Waals surface area contributed by atoms with Crippen LogP contribution in [0, 0.1) is 5.41 Å². The zero-order valence-corrected chi connectivity index (χ0v) is 16.1. The summed E-state index contributed by atoms with van der Waals surface area (Å²) in [4.78, 5) is 12.8. The van der Waals surface area contributed by atoms with Crippen molar-refractivity contribution >= 4 is 5.91 Å². The number of amides is 1. The highest BCUT2D eigenvalue weighted by Crippen LogP contribution is 2.30. The predicted octanol–water partition coefficient (Wildman–Crippen LogP) is 3.34. The van der Waals surface area contributed by atoms with Crippen LogP contribution in [0.15, 0.2) is 60.7 Å². The van der Waals surface area contributed by atoms with Gasteiger partial charge in [-0.3, -0.25) is 4.79 Å². The summed E-state index contributed by atoms with van der Waals surface area (Å²) in [6.45, 7) is 3.33. The van der Waals surface area contributed by atoms with Crippen LogP contribution in [0.5, 0.6) is 0 Å². The van der Waals surface area contributed by atoms with E-state index in [1.807, 2.05) is 36.4 Å². The lowest BCUT2D eigenvalue weighted by Gasteiger charge is -2.37. The molecule has 2 aromatic rings. The van der Waals surface area contributed by atoms with Crippen molar-refractivity contribution in [1.82, 2.24) is 10.6 Å². The average molecular weight is 367 g/mol. The molecule has 1 saturated heterocycles. The molecular formula is C23H30N2O2. The first-order valence-electron chi connectivity index (χ1n) is 9.79. The second-order valence-corrected chi connectivity index (χ2v) is 7.54. The lowest BCUT2D eigenvalue weighted by Crippen LogP contribution is -2.47. The number of rotatable bonds is 8. The van der Waals surface area contributed by atoms with Crippen LogP contribution in [0.25, 0.3) is 0 Å². The lowest BCUT2D eigenvalue weighted by molar-refractivity contribution is -0.122. The van der Waals surface area contributed by atoms with E-state index in [4.69, 9.17) is 4.74 Å². The number of hydrogen-bond donors (Lipinski definition) is 2. The van der Waals surface area contributed by atoms with Crippen LogP contribution in [0.3, 0.4) is 0 Å². The van der Waals surface area contributed by atoms with Gasteiger partial charge in [0.1, 0.15) is 0 Å². The summed E-state index contributed by atoms with van der Waals surface area (Å²) in [7, 11) is 1.74. The molecule has 2 N–H and O–H groups in total. The molecule has 4 nitrogen and oxygen atoms in total. The molecule has 0 bridgehead atoms. The lowest BCUT2D eigenvalue weighted by atomic mass is 9.79. The smallest absolute Gasteiger partial charge is 0.220 e. The number of piperidine rings is 1. The van der Waals surface area contributed by atoms with Gasteiger partial charge in [-0.05, 0) is 37.1 Å². The standard InChI is InChI=1S/C23H30N2O2/c1-27-18-23(12-14-24-15-13-23)17-25-22(26)16-21(19-8-4-2-5-9-19)20-10-6-3-7-11-20/h2-11,21,24H,12-18H2,1H3,(H,25,26). The molecule has 2 aromatic carbocycles. The van der Waals surface area contributed by atoms with Crippen molar-refractivity contribution in [2.45, 2.75) is 25.2 Å². The number of benzene rings is 2. The van der Waals surface area contributed by atoms with Gasteiger partial charge in [0, 0.05) is 31.4 Å². The highest BCUT2D eigenvalue weighted by molar-refractivity contribution is 5.77. The topological polar surface area (TPSA) is 50.4 Å². The molecule has 1 heterocycles. The van der Waals surface area contributed by atoms with Crippen LogP contribution >= 0.6 is 0 Å². The molecule has 0 saturated carbocycles. The van der Waals surface area contributed by atoms with Gasteiger partial charge in [0.25, 0.3) is 0 Å². The maximum atomic E-state index is 12.8. The molecule has 0 aliphatic carbocycles. The Kier molecular flexibility index (Phi) is 7.02. The van der Waals surface area contributed by atoms with E-state index in [1.54, 1.807) is 7.11 Å². The molecule has 1 amide bonds. The van der Waals surface area contributed by atoms with Crippen molar-refractivity contribution in [3.63, 3.8) is 0 Å². The van der Waals surface area contributed by atoms with E-state index in [2.05, 4.69) is 34.9 Å². The van der Waals surface area contributed by atoms with E-state index >= 15 is 0 Å². The Hall–Kier alpha value is -2.17. The Labute approximate surface area is 162 Å². The molecule has 0 aromatic heterocycles. The van der Waals surface area contributed by atoms with Crippen molar-refractivity contribution in [1.29, 1.82) is 0 Å². The molecule has 0 spiro atoms. The van der Waals surface area contributed by atoms with Gasteiger partial charge in [-0.15, -0.1) is 0 Å². The maximum absolute atomic E-state index is 12.8. The van der Waals surface area contributed by atoms with Crippen molar-refractivity contribution in [2.75, 3.05) is 33.4 Å². The third-order valence-electron chi connectivity index (χ3n) is 5.57. The molecule has 4 heteroatoms. The van der Waals surface area contributed by atoms with Crippen LogP contribution in [0.4, 0.5) is 0 Å². The summed E-state index contributed by atoms with van der Waals surface area (Å²) in [6, 6.07) is 20.6. The fraction of sp³-hybridized carbons (Fsp3) is 0.435. The summed E-state index contributed by atoms with van der Waals surface area (Å²) in [6.07, 6.45) is 2.51. The summed E-state index contributed by atoms with van der Waals surface area (Å²) in [5.74, 6) is 0.167. The largest absolute Gasteiger partial charge is 0.384 e. The van der Waals surface area contributed by atoms with Gasteiger partial charge in [-0.1, -0.05) is 60.7 Å². The fourth-order valence-electron chi connectivity index (χ4n) is 3.98. The highest BCUT2D eigenvalue weighted by atomic mass is 16.5. The average Bonchev–Trinajstić information content (AvgIpc) is 2.73. The van der Waals surface area contributed by atoms with E-state index in [-0.39, 0.29) is 17.2 Å². The first kappa shape index (κ1) is 19.6. The van der Waals surface area contributed by atoms with Gasteiger partial charge < -0.3 is 15.4 Å². The molecule has 27 heavy (non-hydrogen) atoms. The summed E-state index contributed by atoms with van der Waals surface area (Å²) in [5, 5.41) is 6.59. The second kappa shape index (κ2) is 9.67. The SMILES string of the molecule is COCC1(CNC(=O)CC(c2ccccc2)c2ccccc2)CCNCC1. The molecule has 144 valence electrons. The van der Waals surface area contributed by atoms with E-state index in [9.17, 15) is 4.79 Å². The maximum Gasteiger partial charge on any atom is 0.220 e. The zero-order valence-electron chi connectivity index (χ0n) is 16.1. The summed E-state index contributed by atoms with van der Waals surface area (Å²) < 4.78 is 5.46. The highest BCUT2D eigenvalue weighted by Gasteiger charge is 2.32. The Balaban J connectivity index is 1.67. The normalized spacial score (nSPS) is 16.2. The van der Waals surface area contributed by atoms with Gasteiger partial charge in [0.05, 0.1) is 6.61 Å². The minimum Gasteiger partial charge on any atom is -0.384 e. The fourth-order valence-corrected chi connectivity index (χ4v) is 3.98. The number of methoxy groups -OCH3 is 1. The molecule has 0 atom stereocenters. The van der Waals surface area contributed by atoms with Crippen LogP contribution < -0.4 is 10.6 Å². The summed E-state index contributed by atoms with van der Waals surface area (Å²) >= 11 is 0. The van der Waals surface area contributed by atoms with Crippen molar-refractivity contribution in [2.24, 2.45) is 5.41 Å². The van der Waals surface area contributed by atoms with Gasteiger partial charge in [-0.25, -0.2) is 0 Å². The molecule has 1 aliphatic rings. The Morgan fingerprint density at radius 3 is 2.11 bits per heavy atom.